The largest absolute Gasteiger partial charge is 0.371 e. The first-order valence-corrected chi connectivity index (χ1v) is 10.5. The fraction of sp³-hybridized carbons (Fsp3) is 0.389. The molecule has 3 N–H and O–H groups in total. The van der Waals surface area contributed by atoms with E-state index in [0.29, 0.717) is 0 Å². The predicted molar refractivity (Wildman–Crippen MR) is 101 cm³/mol. The van der Waals surface area contributed by atoms with E-state index in [1.165, 1.54) is 23.5 Å². The Bertz CT molecular complexity index is 988. The highest BCUT2D eigenvalue weighted by molar-refractivity contribution is 7.90. The van der Waals surface area contributed by atoms with Gasteiger partial charge in [0.2, 0.25) is 5.03 Å². The van der Waals surface area contributed by atoms with Gasteiger partial charge in [-0.1, -0.05) is 6.07 Å². The van der Waals surface area contributed by atoms with Gasteiger partial charge in [0, 0.05) is 25.1 Å². The number of anilines is 2. The van der Waals surface area contributed by atoms with E-state index in [0.717, 1.165) is 55.3 Å². The highest BCUT2D eigenvalue weighted by atomic mass is 32.2. The smallest absolute Gasteiger partial charge is 0.333 e. The molecule has 1 heterocycles. The standard InChI is InChI=1S/C18H21N5O3S/c1-19-16-17(21-9-8-20-16)27(25,26)23-18(24)22-15-13-6-2-4-11(13)10-12-5-3-7-14(12)15/h8-10H,2-7H2,1H3,(H,19,20)(H2,22,23,24). The van der Waals surface area contributed by atoms with E-state index >= 15 is 0 Å². The summed E-state index contributed by atoms with van der Waals surface area (Å²) in [5, 5.41) is 5.16. The number of nitrogens with zero attached hydrogens (tertiary/aromatic N) is 2. The summed E-state index contributed by atoms with van der Waals surface area (Å²) in [6, 6.07) is 1.47. The van der Waals surface area contributed by atoms with Crippen molar-refractivity contribution in [1.29, 1.82) is 0 Å². The van der Waals surface area contributed by atoms with E-state index < -0.39 is 16.1 Å². The van der Waals surface area contributed by atoms with E-state index in [2.05, 4.69) is 31.4 Å². The summed E-state index contributed by atoms with van der Waals surface area (Å²) >= 11 is 0. The van der Waals surface area contributed by atoms with Gasteiger partial charge in [-0.2, -0.15) is 8.42 Å². The number of carbonyl (C=O) groups is 1. The minimum Gasteiger partial charge on any atom is -0.371 e. The Kier molecular flexibility index (Phi) is 4.47. The van der Waals surface area contributed by atoms with Gasteiger partial charge in [-0.3, -0.25) is 0 Å². The molecule has 142 valence electrons. The van der Waals surface area contributed by atoms with E-state index in [4.69, 9.17) is 0 Å². The Morgan fingerprint density at radius 3 is 2.26 bits per heavy atom. The van der Waals surface area contributed by atoms with Crippen LogP contribution in [0.2, 0.25) is 0 Å². The van der Waals surface area contributed by atoms with Crippen LogP contribution in [0.3, 0.4) is 0 Å². The minimum atomic E-state index is -4.15. The minimum absolute atomic E-state index is 0.0827. The van der Waals surface area contributed by atoms with Gasteiger partial charge in [0.15, 0.2) is 5.82 Å². The van der Waals surface area contributed by atoms with Gasteiger partial charge < -0.3 is 10.6 Å². The average Bonchev–Trinajstić information content (AvgIpc) is 3.30. The number of aromatic nitrogens is 2. The summed E-state index contributed by atoms with van der Waals surface area (Å²) in [4.78, 5) is 20.3. The molecule has 27 heavy (non-hydrogen) atoms. The lowest BCUT2D eigenvalue weighted by molar-refractivity contribution is 0.256. The highest BCUT2D eigenvalue weighted by Crippen LogP contribution is 2.38. The maximum Gasteiger partial charge on any atom is 0.333 e. The molecule has 0 bridgehead atoms. The van der Waals surface area contributed by atoms with Crippen LogP contribution in [0.15, 0.2) is 23.5 Å². The zero-order chi connectivity index (χ0) is 19.0. The maximum absolute atomic E-state index is 12.6. The van der Waals surface area contributed by atoms with Crippen molar-refractivity contribution >= 4 is 27.6 Å². The molecule has 0 aliphatic heterocycles. The third kappa shape index (κ3) is 3.23. The van der Waals surface area contributed by atoms with Crippen LogP contribution in [0.25, 0.3) is 0 Å². The Morgan fingerprint density at radius 2 is 1.63 bits per heavy atom. The van der Waals surface area contributed by atoms with Crippen LogP contribution in [0.1, 0.15) is 35.1 Å². The van der Waals surface area contributed by atoms with Crippen molar-refractivity contribution in [1.82, 2.24) is 14.7 Å². The third-order valence-electron chi connectivity index (χ3n) is 5.09. The topological polar surface area (TPSA) is 113 Å². The van der Waals surface area contributed by atoms with Crippen molar-refractivity contribution in [3.8, 4) is 0 Å². The van der Waals surface area contributed by atoms with Gasteiger partial charge in [0.1, 0.15) is 0 Å². The second-order valence-electron chi connectivity index (χ2n) is 6.75. The molecule has 9 heteroatoms. The van der Waals surface area contributed by atoms with Crippen LogP contribution < -0.4 is 15.4 Å². The van der Waals surface area contributed by atoms with Gasteiger partial charge in [0.05, 0.1) is 0 Å². The first kappa shape index (κ1) is 17.7. The molecular weight excluding hydrogens is 366 g/mol. The van der Waals surface area contributed by atoms with Gasteiger partial charge in [-0.15, -0.1) is 0 Å². The van der Waals surface area contributed by atoms with Crippen LogP contribution in [0.5, 0.6) is 0 Å². The van der Waals surface area contributed by atoms with Gasteiger partial charge in [-0.05, 0) is 60.8 Å². The lowest BCUT2D eigenvalue weighted by Gasteiger charge is -2.16. The quantitative estimate of drug-likeness (QED) is 0.740. The monoisotopic (exact) mass is 387 g/mol. The van der Waals surface area contributed by atoms with Crippen molar-refractivity contribution in [3.05, 3.63) is 40.7 Å². The number of fused-ring (bicyclic) bond motifs is 2. The Hall–Kier alpha value is -2.68. The molecule has 0 spiro atoms. The molecule has 1 aromatic heterocycles. The molecule has 1 aromatic carbocycles. The molecule has 0 unspecified atom stereocenters. The average molecular weight is 387 g/mol. The summed E-state index contributed by atoms with van der Waals surface area (Å²) in [6.45, 7) is 0. The summed E-state index contributed by atoms with van der Waals surface area (Å²) in [7, 11) is -2.61. The van der Waals surface area contributed by atoms with Gasteiger partial charge >= 0.3 is 6.03 Å². The van der Waals surface area contributed by atoms with Crippen LogP contribution in [0, 0.1) is 0 Å². The molecule has 8 nitrogen and oxygen atoms in total. The first-order chi connectivity index (χ1) is 13.0. The highest BCUT2D eigenvalue weighted by Gasteiger charge is 2.27. The number of rotatable bonds is 4. The fourth-order valence-corrected chi connectivity index (χ4v) is 4.97. The fourth-order valence-electron chi connectivity index (χ4n) is 3.97. The van der Waals surface area contributed by atoms with E-state index in [9.17, 15) is 13.2 Å². The lowest BCUT2D eigenvalue weighted by atomic mass is 9.99. The van der Waals surface area contributed by atoms with Crippen LogP contribution >= 0.6 is 0 Å². The number of carbonyl (C=O) groups excluding carboxylic acids is 1. The van der Waals surface area contributed by atoms with Crippen molar-refractivity contribution in [2.45, 2.75) is 43.6 Å². The molecule has 2 aromatic rings. The van der Waals surface area contributed by atoms with Gasteiger partial charge in [-0.25, -0.2) is 19.5 Å². The van der Waals surface area contributed by atoms with Crippen molar-refractivity contribution in [3.63, 3.8) is 0 Å². The first-order valence-electron chi connectivity index (χ1n) is 8.98. The van der Waals surface area contributed by atoms with Crippen molar-refractivity contribution in [2.75, 3.05) is 17.7 Å². The summed E-state index contributed by atoms with van der Waals surface area (Å²) < 4.78 is 27.2. The maximum atomic E-state index is 12.6. The van der Waals surface area contributed by atoms with Crippen LogP contribution in [0.4, 0.5) is 16.3 Å². The number of amides is 2. The van der Waals surface area contributed by atoms with Gasteiger partial charge in [0.25, 0.3) is 10.0 Å². The normalized spacial score (nSPS) is 15.1. The molecule has 0 fully saturated rings. The molecule has 0 saturated carbocycles. The molecule has 0 saturated heterocycles. The molecule has 0 atom stereocenters. The lowest BCUT2D eigenvalue weighted by Crippen LogP contribution is -2.35. The van der Waals surface area contributed by atoms with E-state index in [1.54, 1.807) is 7.05 Å². The number of nitrogens with one attached hydrogen (secondary N) is 3. The number of hydrogen-bond donors (Lipinski definition) is 3. The molecule has 2 aliphatic rings. The second-order valence-corrected chi connectivity index (χ2v) is 8.35. The van der Waals surface area contributed by atoms with Crippen molar-refractivity contribution in [2.24, 2.45) is 0 Å². The Balaban J connectivity index is 1.61. The second kappa shape index (κ2) is 6.80. The molecule has 2 amide bonds. The number of aryl methyl sites for hydroxylation is 2. The van der Waals surface area contributed by atoms with E-state index in [-0.39, 0.29) is 10.8 Å². The summed E-state index contributed by atoms with van der Waals surface area (Å²) in [5.41, 5.74) is 5.59. The summed E-state index contributed by atoms with van der Waals surface area (Å²) in [6.07, 6.45) is 8.56. The Morgan fingerprint density at radius 1 is 1.00 bits per heavy atom. The summed E-state index contributed by atoms with van der Waals surface area (Å²) in [5.74, 6) is 0.0827. The van der Waals surface area contributed by atoms with E-state index in [1.807, 2.05) is 0 Å². The predicted octanol–water partition coefficient (Wildman–Crippen LogP) is 2.01. The number of urea groups is 1. The molecule has 4 rings (SSSR count). The third-order valence-corrected chi connectivity index (χ3v) is 6.36. The zero-order valence-electron chi connectivity index (χ0n) is 15.0. The zero-order valence-corrected chi connectivity index (χ0v) is 15.8. The molecular formula is C18H21N5O3S. The number of benzene rings is 1. The van der Waals surface area contributed by atoms with Crippen LogP contribution in [-0.2, 0) is 35.7 Å². The van der Waals surface area contributed by atoms with Crippen molar-refractivity contribution < 1.29 is 13.2 Å². The number of sulfonamides is 1. The Labute approximate surface area is 157 Å². The number of hydrogen-bond acceptors (Lipinski definition) is 6. The SMILES string of the molecule is CNc1nccnc1S(=O)(=O)NC(=O)Nc1c2c(cc3c1CCC3)CCC2. The van der Waals surface area contributed by atoms with Crippen LogP contribution in [-0.4, -0.2) is 31.5 Å². The molecule has 2 aliphatic carbocycles. The molecule has 0 radical (unpaired) electrons.